The number of nitrogens with zero attached hydrogens (tertiary/aromatic N) is 2. The van der Waals surface area contributed by atoms with E-state index in [1.54, 1.807) is 6.07 Å². The van der Waals surface area contributed by atoms with E-state index in [1.807, 2.05) is 0 Å². The predicted molar refractivity (Wildman–Crippen MR) is 68.5 cm³/mol. The Balaban J connectivity index is 2.51. The van der Waals surface area contributed by atoms with Crippen LogP contribution in [0.5, 0.6) is 5.75 Å². The topological polar surface area (TPSA) is 36.3 Å². The van der Waals surface area contributed by atoms with E-state index in [2.05, 4.69) is 4.74 Å². The second-order valence-corrected chi connectivity index (χ2v) is 5.62. The molecular weight excluding hydrogens is 345 g/mol. The van der Waals surface area contributed by atoms with Crippen LogP contribution in [0.3, 0.4) is 0 Å². The van der Waals surface area contributed by atoms with Crippen LogP contribution in [0.25, 0.3) is 0 Å². The molecule has 1 saturated heterocycles. The molecule has 1 fully saturated rings. The lowest BCUT2D eigenvalue weighted by Crippen LogP contribution is -2.38. The van der Waals surface area contributed by atoms with Crippen molar-refractivity contribution in [2.45, 2.75) is 32.2 Å². The first-order chi connectivity index (χ1) is 11.0. The van der Waals surface area contributed by atoms with Crippen molar-refractivity contribution < 1.29 is 35.5 Å². The van der Waals surface area contributed by atoms with Crippen LogP contribution in [0.4, 0.5) is 36.4 Å². The molecule has 1 aromatic carbocycles. The Morgan fingerprint density at radius 3 is 2.46 bits per heavy atom. The van der Waals surface area contributed by atoms with Crippen LogP contribution in [0.2, 0.25) is 0 Å². The monoisotopic (exact) mass is 356 g/mol. The minimum atomic E-state index is -4.67. The van der Waals surface area contributed by atoms with Crippen molar-refractivity contribution in [2.24, 2.45) is 5.41 Å². The smallest absolute Gasteiger partial charge is 0.396 e. The molecular formula is C14H11F7N2O. The molecule has 2 rings (SSSR count). The maximum atomic E-state index is 13.8. The van der Waals surface area contributed by atoms with Crippen LogP contribution >= 0.6 is 0 Å². The number of anilines is 1. The second-order valence-electron chi connectivity index (χ2n) is 5.62. The average Bonchev–Trinajstić information content (AvgIpc) is 2.82. The number of halogens is 7. The van der Waals surface area contributed by atoms with Crippen LogP contribution in [-0.2, 0) is 0 Å². The summed E-state index contributed by atoms with van der Waals surface area (Å²) in [5, 5.41) is 9.08. The minimum absolute atomic E-state index is 0.534. The first kappa shape index (κ1) is 18.2. The first-order valence-electron chi connectivity index (χ1n) is 6.66. The van der Waals surface area contributed by atoms with Gasteiger partial charge in [-0.2, -0.15) is 31.6 Å². The zero-order chi connectivity index (χ0) is 18.3. The molecule has 0 aliphatic carbocycles. The van der Waals surface area contributed by atoms with Crippen LogP contribution < -0.4 is 9.64 Å². The molecule has 0 radical (unpaired) electrons. The van der Waals surface area contributed by atoms with Gasteiger partial charge in [-0.05, 0) is 25.5 Å². The zero-order valence-electron chi connectivity index (χ0n) is 12.2. The summed E-state index contributed by atoms with van der Waals surface area (Å²) in [6.45, 7) is -3.43. The van der Waals surface area contributed by atoms with Gasteiger partial charge in [0.05, 0.1) is 17.2 Å². The standard InChI is InChI=1S/C14H11F7N2O/c1-13(14(19,20)21)4-7(5-22)23(6-13)9-3-2-8(15)10(16)11(9)24-12(17)18/h2-3,7,12H,4,6H2,1H3. The molecule has 1 heterocycles. The Morgan fingerprint density at radius 1 is 1.33 bits per heavy atom. The summed E-state index contributed by atoms with van der Waals surface area (Å²) < 4.78 is 95.4. The number of benzene rings is 1. The van der Waals surface area contributed by atoms with E-state index < -0.39 is 60.3 Å². The summed E-state index contributed by atoms with van der Waals surface area (Å²) in [5.74, 6) is -4.48. The molecule has 0 bridgehead atoms. The molecule has 2 unspecified atom stereocenters. The van der Waals surface area contributed by atoms with E-state index in [0.29, 0.717) is 6.07 Å². The molecule has 0 aromatic heterocycles. The quantitative estimate of drug-likeness (QED) is 0.761. The highest BCUT2D eigenvalue weighted by Crippen LogP contribution is 2.50. The fourth-order valence-corrected chi connectivity index (χ4v) is 2.61. The number of nitriles is 1. The molecule has 2 atom stereocenters. The molecule has 3 nitrogen and oxygen atoms in total. The van der Waals surface area contributed by atoms with Gasteiger partial charge in [-0.3, -0.25) is 0 Å². The van der Waals surface area contributed by atoms with Gasteiger partial charge < -0.3 is 9.64 Å². The van der Waals surface area contributed by atoms with Crippen molar-refractivity contribution in [2.75, 3.05) is 11.4 Å². The SMILES string of the molecule is CC1(C(F)(F)F)CC(C#N)N(c2ccc(F)c(F)c2OC(F)F)C1. The van der Waals surface area contributed by atoms with Crippen LogP contribution in [0, 0.1) is 28.4 Å². The third-order valence-corrected chi connectivity index (χ3v) is 3.92. The van der Waals surface area contributed by atoms with Crippen LogP contribution in [0.15, 0.2) is 12.1 Å². The second kappa shape index (κ2) is 6.03. The highest BCUT2D eigenvalue weighted by atomic mass is 19.4. The molecule has 24 heavy (non-hydrogen) atoms. The lowest BCUT2D eigenvalue weighted by molar-refractivity contribution is -0.210. The number of rotatable bonds is 3. The summed E-state index contributed by atoms with van der Waals surface area (Å²) >= 11 is 0. The van der Waals surface area contributed by atoms with E-state index in [-0.39, 0.29) is 0 Å². The third kappa shape index (κ3) is 3.07. The van der Waals surface area contributed by atoms with Crippen molar-refractivity contribution in [3.05, 3.63) is 23.8 Å². The summed E-state index contributed by atoms with van der Waals surface area (Å²) in [6.07, 6.45) is -5.31. The van der Waals surface area contributed by atoms with Gasteiger partial charge in [0, 0.05) is 6.54 Å². The van der Waals surface area contributed by atoms with Crippen molar-refractivity contribution >= 4 is 5.69 Å². The van der Waals surface area contributed by atoms with Crippen molar-refractivity contribution in [3.63, 3.8) is 0 Å². The maximum Gasteiger partial charge on any atom is 0.396 e. The van der Waals surface area contributed by atoms with Gasteiger partial charge in [-0.25, -0.2) is 4.39 Å². The van der Waals surface area contributed by atoms with E-state index in [9.17, 15) is 30.7 Å². The van der Waals surface area contributed by atoms with Gasteiger partial charge in [-0.15, -0.1) is 0 Å². The lowest BCUT2D eigenvalue weighted by Gasteiger charge is -2.28. The number of hydrogen-bond donors (Lipinski definition) is 0. The summed E-state index contributed by atoms with van der Waals surface area (Å²) in [4.78, 5) is 0.799. The van der Waals surface area contributed by atoms with Crippen LogP contribution in [0.1, 0.15) is 13.3 Å². The maximum absolute atomic E-state index is 13.8. The number of hydrogen-bond acceptors (Lipinski definition) is 3. The van der Waals surface area contributed by atoms with Gasteiger partial charge in [-0.1, -0.05) is 0 Å². The molecule has 1 aromatic rings. The van der Waals surface area contributed by atoms with Crippen molar-refractivity contribution in [1.82, 2.24) is 0 Å². The molecule has 1 aliphatic heterocycles. The Labute approximate surface area is 132 Å². The Bertz CT molecular complexity index is 670. The summed E-state index contributed by atoms with van der Waals surface area (Å²) in [7, 11) is 0. The number of alkyl halides is 5. The Morgan fingerprint density at radius 2 is 1.96 bits per heavy atom. The third-order valence-electron chi connectivity index (χ3n) is 3.92. The van der Waals surface area contributed by atoms with Crippen molar-refractivity contribution in [1.29, 1.82) is 5.26 Å². The molecule has 0 N–H and O–H groups in total. The van der Waals surface area contributed by atoms with Crippen LogP contribution in [-0.4, -0.2) is 25.4 Å². The van der Waals surface area contributed by atoms with E-state index in [4.69, 9.17) is 5.26 Å². The van der Waals surface area contributed by atoms with Crippen molar-refractivity contribution in [3.8, 4) is 11.8 Å². The van der Waals surface area contributed by atoms with Gasteiger partial charge in [0.15, 0.2) is 11.6 Å². The zero-order valence-corrected chi connectivity index (χ0v) is 12.2. The molecule has 1 aliphatic rings. The van der Waals surface area contributed by atoms with Gasteiger partial charge >= 0.3 is 12.8 Å². The largest absolute Gasteiger partial charge is 0.429 e. The minimum Gasteiger partial charge on any atom is -0.429 e. The molecule has 0 spiro atoms. The molecule has 0 saturated carbocycles. The summed E-state index contributed by atoms with van der Waals surface area (Å²) in [5.41, 5.74) is -2.84. The Kier molecular flexibility index (Phi) is 4.57. The predicted octanol–water partition coefficient (Wildman–Crippen LogP) is 4.24. The van der Waals surface area contributed by atoms with Gasteiger partial charge in [0.1, 0.15) is 6.04 Å². The highest BCUT2D eigenvalue weighted by molar-refractivity contribution is 5.62. The van der Waals surface area contributed by atoms with E-state index in [0.717, 1.165) is 17.9 Å². The lowest BCUT2D eigenvalue weighted by atomic mass is 9.87. The fourth-order valence-electron chi connectivity index (χ4n) is 2.61. The normalized spacial score (nSPS) is 24.3. The van der Waals surface area contributed by atoms with Gasteiger partial charge in [0.2, 0.25) is 5.82 Å². The van der Waals surface area contributed by atoms with E-state index in [1.165, 1.54) is 0 Å². The molecule has 132 valence electrons. The fraction of sp³-hybridized carbons (Fsp3) is 0.500. The average molecular weight is 356 g/mol. The molecule has 10 heteroatoms. The first-order valence-corrected chi connectivity index (χ1v) is 6.66. The summed E-state index contributed by atoms with van der Waals surface area (Å²) in [6, 6.07) is 1.64. The van der Waals surface area contributed by atoms with Gasteiger partial charge in [0.25, 0.3) is 0 Å². The Hall–Kier alpha value is -2.18. The van der Waals surface area contributed by atoms with E-state index >= 15 is 0 Å². The highest BCUT2D eigenvalue weighted by Gasteiger charge is 2.58. The number of ether oxygens (including phenoxy) is 1. The molecule has 0 amide bonds.